The first kappa shape index (κ1) is 12.8. The van der Waals surface area contributed by atoms with E-state index in [1.165, 1.54) is 30.2 Å². The fraction of sp³-hybridized carbons (Fsp3) is 0.583. The Morgan fingerprint density at radius 1 is 1.47 bits per heavy atom. The molecule has 0 aliphatic heterocycles. The zero-order valence-electron chi connectivity index (χ0n) is 9.67. The number of aliphatic hydroxyl groups excluding tert-OH is 2. The van der Waals surface area contributed by atoms with E-state index in [1.54, 1.807) is 0 Å². The topological polar surface area (TPSA) is 65.4 Å². The number of aliphatic hydroxyl groups is 2. The summed E-state index contributed by atoms with van der Waals surface area (Å²) in [5.41, 5.74) is 1.18. The molecule has 2 rings (SSSR count). The predicted molar refractivity (Wildman–Crippen MR) is 67.9 cm³/mol. The average Bonchev–Trinajstić information content (AvgIpc) is 3.18. The zero-order valence-corrected chi connectivity index (χ0v) is 10.5. The van der Waals surface area contributed by atoms with E-state index >= 15 is 0 Å². The van der Waals surface area contributed by atoms with Gasteiger partial charge in [-0.25, -0.2) is 4.98 Å². The van der Waals surface area contributed by atoms with Gasteiger partial charge in [0.2, 0.25) is 0 Å². The van der Waals surface area contributed by atoms with Crippen LogP contribution in [0, 0.1) is 0 Å². The Labute approximate surface area is 105 Å². The standard InChI is InChI=1S/C12H18N2O2S/c15-7-11(16)8-17-12-4-1-9(6-14-12)5-13-10-2-3-10/h1,4,6,10-11,13,15-16H,2-3,5,7-8H2. The quantitative estimate of drug-likeness (QED) is 0.628. The number of rotatable bonds is 7. The van der Waals surface area contributed by atoms with E-state index in [0.29, 0.717) is 11.8 Å². The maximum atomic E-state index is 9.22. The van der Waals surface area contributed by atoms with Crippen LogP contribution in [0.15, 0.2) is 23.4 Å². The molecular weight excluding hydrogens is 236 g/mol. The number of pyridine rings is 1. The third-order valence-corrected chi connectivity index (χ3v) is 3.69. The predicted octanol–water partition coefficient (Wildman–Crippen LogP) is 0.779. The monoisotopic (exact) mass is 254 g/mol. The van der Waals surface area contributed by atoms with Crippen molar-refractivity contribution < 1.29 is 10.2 Å². The fourth-order valence-electron chi connectivity index (χ4n) is 1.38. The highest BCUT2D eigenvalue weighted by Crippen LogP contribution is 2.20. The summed E-state index contributed by atoms with van der Waals surface area (Å²) < 4.78 is 0. The Morgan fingerprint density at radius 2 is 2.29 bits per heavy atom. The number of hydrogen-bond donors (Lipinski definition) is 3. The Balaban J connectivity index is 1.75. The number of thioether (sulfide) groups is 1. The molecule has 1 unspecified atom stereocenters. The molecule has 1 aliphatic rings. The zero-order chi connectivity index (χ0) is 12.1. The van der Waals surface area contributed by atoms with Gasteiger partial charge in [-0.2, -0.15) is 0 Å². The van der Waals surface area contributed by atoms with Crippen molar-refractivity contribution in [1.82, 2.24) is 10.3 Å². The highest BCUT2D eigenvalue weighted by molar-refractivity contribution is 7.99. The van der Waals surface area contributed by atoms with Crippen molar-refractivity contribution in [3.63, 3.8) is 0 Å². The molecule has 1 aromatic rings. The van der Waals surface area contributed by atoms with E-state index in [1.807, 2.05) is 12.3 Å². The Morgan fingerprint density at radius 3 is 2.88 bits per heavy atom. The lowest BCUT2D eigenvalue weighted by atomic mass is 10.3. The van der Waals surface area contributed by atoms with Gasteiger partial charge in [0.25, 0.3) is 0 Å². The molecular formula is C12H18N2O2S. The van der Waals surface area contributed by atoms with Crippen LogP contribution in [0.25, 0.3) is 0 Å². The minimum Gasteiger partial charge on any atom is -0.394 e. The van der Waals surface area contributed by atoms with Gasteiger partial charge in [-0.3, -0.25) is 0 Å². The minimum absolute atomic E-state index is 0.198. The lowest BCUT2D eigenvalue weighted by molar-refractivity contribution is 0.113. The van der Waals surface area contributed by atoms with Gasteiger partial charge < -0.3 is 15.5 Å². The fourth-order valence-corrected chi connectivity index (χ4v) is 2.14. The summed E-state index contributed by atoms with van der Waals surface area (Å²) in [4.78, 5) is 4.31. The van der Waals surface area contributed by atoms with Crippen LogP contribution < -0.4 is 5.32 Å². The van der Waals surface area contributed by atoms with Crippen LogP contribution in [0.1, 0.15) is 18.4 Å². The molecule has 1 fully saturated rings. The first-order chi connectivity index (χ1) is 8.28. The molecule has 94 valence electrons. The van der Waals surface area contributed by atoms with Crippen molar-refractivity contribution in [2.24, 2.45) is 0 Å². The van der Waals surface area contributed by atoms with Gasteiger partial charge in [0.05, 0.1) is 17.7 Å². The van der Waals surface area contributed by atoms with Crippen LogP contribution >= 0.6 is 11.8 Å². The highest BCUT2D eigenvalue weighted by atomic mass is 32.2. The van der Waals surface area contributed by atoms with Crippen molar-refractivity contribution >= 4 is 11.8 Å². The molecule has 5 heteroatoms. The third-order valence-electron chi connectivity index (χ3n) is 2.60. The van der Waals surface area contributed by atoms with Gasteiger partial charge in [-0.15, -0.1) is 11.8 Å². The van der Waals surface area contributed by atoms with Crippen LogP contribution in [0.4, 0.5) is 0 Å². The van der Waals surface area contributed by atoms with Gasteiger partial charge in [-0.05, 0) is 24.5 Å². The van der Waals surface area contributed by atoms with Gasteiger partial charge in [0.1, 0.15) is 0 Å². The Hall–Kier alpha value is -0.620. The molecule has 1 heterocycles. The molecule has 0 saturated heterocycles. The van der Waals surface area contributed by atoms with E-state index in [-0.39, 0.29) is 6.61 Å². The summed E-state index contributed by atoms with van der Waals surface area (Å²) in [6, 6.07) is 4.72. The van der Waals surface area contributed by atoms with E-state index < -0.39 is 6.10 Å². The summed E-state index contributed by atoms with van der Waals surface area (Å²) in [6.45, 7) is 0.679. The number of hydrogen-bond acceptors (Lipinski definition) is 5. The molecule has 17 heavy (non-hydrogen) atoms. The molecule has 1 saturated carbocycles. The Bertz CT molecular complexity index is 341. The molecule has 0 bridgehead atoms. The molecule has 1 aliphatic carbocycles. The molecule has 1 atom stereocenters. The maximum Gasteiger partial charge on any atom is 0.0960 e. The second kappa shape index (κ2) is 6.35. The number of aromatic nitrogens is 1. The molecule has 3 N–H and O–H groups in total. The van der Waals surface area contributed by atoms with Crippen LogP contribution in [0.2, 0.25) is 0 Å². The number of nitrogens with zero attached hydrogens (tertiary/aromatic N) is 1. The molecule has 0 spiro atoms. The van der Waals surface area contributed by atoms with Gasteiger partial charge in [0.15, 0.2) is 0 Å². The van der Waals surface area contributed by atoms with Crippen LogP contribution in [0.3, 0.4) is 0 Å². The summed E-state index contributed by atoms with van der Waals surface area (Å²) in [5, 5.41) is 22.2. The summed E-state index contributed by atoms with van der Waals surface area (Å²) in [6.07, 6.45) is 3.78. The highest BCUT2D eigenvalue weighted by Gasteiger charge is 2.19. The van der Waals surface area contributed by atoms with Crippen molar-refractivity contribution in [2.45, 2.75) is 36.6 Å². The molecule has 1 aromatic heterocycles. The normalized spacial score (nSPS) is 17.1. The van der Waals surface area contributed by atoms with Crippen LogP contribution in [-0.4, -0.2) is 39.7 Å². The van der Waals surface area contributed by atoms with Crippen molar-refractivity contribution in [3.05, 3.63) is 23.9 Å². The van der Waals surface area contributed by atoms with Gasteiger partial charge in [0, 0.05) is 24.5 Å². The molecule has 0 radical (unpaired) electrons. The van der Waals surface area contributed by atoms with Crippen molar-refractivity contribution in [1.29, 1.82) is 0 Å². The maximum absolute atomic E-state index is 9.22. The van der Waals surface area contributed by atoms with Crippen molar-refractivity contribution in [3.8, 4) is 0 Å². The average molecular weight is 254 g/mol. The first-order valence-electron chi connectivity index (χ1n) is 5.88. The minimum atomic E-state index is -0.669. The van der Waals surface area contributed by atoms with Gasteiger partial charge in [-0.1, -0.05) is 6.07 Å². The van der Waals surface area contributed by atoms with Crippen LogP contribution in [0.5, 0.6) is 0 Å². The lowest BCUT2D eigenvalue weighted by Crippen LogP contribution is -2.15. The summed E-state index contributed by atoms with van der Waals surface area (Å²) >= 11 is 1.46. The third kappa shape index (κ3) is 4.63. The van der Waals surface area contributed by atoms with Crippen molar-refractivity contribution in [2.75, 3.05) is 12.4 Å². The second-order valence-electron chi connectivity index (χ2n) is 4.31. The largest absolute Gasteiger partial charge is 0.394 e. The molecule has 0 amide bonds. The SMILES string of the molecule is OCC(O)CSc1ccc(CNC2CC2)cn1. The second-order valence-corrected chi connectivity index (χ2v) is 5.35. The summed E-state index contributed by atoms with van der Waals surface area (Å²) in [7, 11) is 0. The van der Waals surface area contributed by atoms with E-state index in [2.05, 4.69) is 16.4 Å². The van der Waals surface area contributed by atoms with Crippen LogP contribution in [-0.2, 0) is 6.54 Å². The number of nitrogens with one attached hydrogen (secondary N) is 1. The van der Waals surface area contributed by atoms with Gasteiger partial charge >= 0.3 is 0 Å². The first-order valence-corrected chi connectivity index (χ1v) is 6.86. The molecule has 0 aromatic carbocycles. The van der Waals surface area contributed by atoms with E-state index in [4.69, 9.17) is 5.11 Å². The summed E-state index contributed by atoms with van der Waals surface area (Å²) in [5.74, 6) is 0.475. The smallest absolute Gasteiger partial charge is 0.0960 e. The van der Waals surface area contributed by atoms with E-state index in [9.17, 15) is 5.11 Å². The molecule has 4 nitrogen and oxygen atoms in total. The lowest BCUT2D eigenvalue weighted by Gasteiger charge is -2.07. The van der Waals surface area contributed by atoms with E-state index in [0.717, 1.165) is 11.6 Å². The Kier molecular flexibility index (Phi) is 4.79.